The highest BCUT2D eigenvalue weighted by atomic mass is 15.4. The Bertz CT molecular complexity index is 304. The van der Waals surface area contributed by atoms with E-state index in [2.05, 4.69) is 32.5 Å². The number of aromatic nitrogens is 3. The van der Waals surface area contributed by atoms with Gasteiger partial charge in [-0.05, 0) is 20.0 Å². The van der Waals surface area contributed by atoms with Crippen LogP contribution < -0.4 is 5.32 Å². The zero-order chi connectivity index (χ0) is 12.6. The molecule has 0 aliphatic carbocycles. The lowest BCUT2D eigenvalue weighted by Crippen LogP contribution is -2.46. The number of likely N-dealkylation sites (N-methyl/N-ethyl adjacent to an activating group) is 1. The van der Waals surface area contributed by atoms with Crippen LogP contribution in [0.5, 0.6) is 0 Å². The summed E-state index contributed by atoms with van der Waals surface area (Å²) in [5, 5.41) is 11.2. The monoisotopic (exact) mass is 252 g/mol. The molecule has 0 aromatic carbocycles. The van der Waals surface area contributed by atoms with Gasteiger partial charge in [0.2, 0.25) is 0 Å². The normalized spacial score (nSPS) is 18.3. The molecule has 102 valence electrons. The molecule has 1 aromatic rings. The maximum absolute atomic E-state index is 3.94. The van der Waals surface area contributed by atoms with Gasteiger partial charge in [0.05, 0.1) is 6.20 Å². The standard InChI is InChI=1S/C12H24N6/c1-16-9-11-17(12-10-16)7-4-13-3-2-6-18-8-5-14-15-18/h5,8,13H,2-4,6-7,9-12H2,1H3. The van der Waals surface area contributed by atoms with Crippen LogP contribution in [-0.4, -0.2) is 77.7 Å². The molecule has 1 aromatic heterocycles. The molecule has 0 radical (unpaired) electrons. The number of nitrogens with one attached hydrogen (secondary N) is 1. The van der Waals surface area contributed by atoms with Gasteiger partial charge in [-0.2, -0.15) is 0 Å². The van der Waals surface area contributed by atoms with E-state index >= 15 is 0 Å². The van der Waals surface area contributed by atoms with E-state index in [-0.39, 0.29) is 0 Å². The highest BCUT2D eigenvalue weighted by molar-refractivity contribution is 4.70. The van der Waals surface area contributed by atoms with Gasteiger partial charge in [-0.1, -0.05) is 5.21 Å². The second-order valence-electron chi connectivity index (χ2n) is 4.91. The molecule has 0 bridgehead atoms. The fourth-order valence-electron chi connectivity index (χ4n) is 2.15. The number of rotatable bonds is 7. The third-order valence-electron chi connectivity index (χ3n) is 3.41. The molecule has 1 N–H and O–H groups in total. The van der Waals surface area contributed by atoms with E-state index < -0.39 is 0 Å². The molecular formula is C12H24N6. The zero-order valence-corrected chi connectivity index (χ0v) is 11.3. The van der Waals surface area contributed by atoms with Gasteiger partial charge in [0, 0.05) is 52.0 Å². The Labute approximate surface area is 109 Å². The molecule has 1 aliphatic rings. The largest absolute Gasteiger partial charge is 0.315 e. The van der Waals surface area contributed by atoms with E-state index in [1.807, 2.05) is 10.9 Å². The van der Waals surface area contributed by atoms with Gasteiger partial charge in [0.25, 0.3) is 0 Å². The van der Waals surface area contributed by atoms with Crippen molar-refractivity contribution in [3.63, 3.8) is 0 Å². The molecule has 18 heavy (non-hydrogen) atoms. The summed E-state index contributed by atoms with van der Waals surface area (Å²) in [4.78, 5) is 4.92. The lowest BCUT2D eigenvalue weighted by molar-refractivity contribution is 0.155. The highest BCUT2D eigenvalue weighted by Gasteiger charge is 2.12. The summed E-state index contributed by atoms with van der Waals surface area (Å²) >= 11 is 0. The Kier molecular flexibility index (Phi) is 5.57. The number of aryl methyl sites for hydroxylation is 1. The van der Waals surface area contributed by atoms with Crippen molar-refractivity contribution in [1.29, 1.82) is 0 Å². The number of hydrogen-bond acceptors (Lipinski definition) is 5. The van der Waals surface area contributed by atoms with Gasteiger partial charge in [0.1, 0.15) is 0 Å². The van der Waals surface area contributed by atoms with Crippen LogP contribution in [0.4, 0.5) is 0 Å². The van der Waals surface area contributed by atoms with Gasteiger partial charge < -0.3 is 10.2 Å². The molecule has 0 atom stereocenters. The van der Waals surface area contributed by atoms with E-state index in [1.54, 1.807) is 6.20 Å². The average Bonchev–Trinajstić information content (AvgIpc) is 2.89. The van der Waals surface area contributed by atoms with Crippen molar-refractivity contribution in [2.45, 2.75) is 13.0 Å². The molecule has 6 heteroatoms. The topological polar surface area (TPSA) is 49.2 Å². The van der Waals surface area contributed by atoms with Gasteiger partial charge in [-0.15, -0.1) is 5.10 Å². The third-order valence-corrected chi connectivity index (χ3v) is 3.41. The van der Waals surface area contributed by atoms with Gasteiger partial charge >= 0.3 is 0 Å². The Hall–Kier alpha value is -0.980. The summed E-state index contributed by atoms with van der Waals surface area (Å²) in [6.45, 7) is 9.06. The summed E-state index contributed by atoms with van der Waals surface area (Å²) in [5.74, 6) is 0. The minimum Gasteiger partial charge on any atom is -0.315 e. The second-order valence-corrected chi connectivity index (χ2v) is 4.91. The first-order valence-corrected chi connectivity index (χ1v) is 6.80. The summed E-state index contributed by atoms with van der Waals surface area (Å²) in [5.41, 5.74) is 0. The van der Waals surface area contributed by atoms with Crippen molar-refractivity contribution < 1.29 is 0 Å². The zero-order valence-electron chi connectivity index (χ0n) is 11.3. The fourth-order valence-corrected chi connectivity index (χ4v) is 2.15. The second kappa shape index (κ2) is 7.45. The van der Waals surface area contributed by atoms with Crippen LogP contribution in [0.2, 0.25) is 0 Å². The predicted octanol–water partition coefficient (Wildman–Crippen LogP) is -0.495. The fraction of sp³-hybridized carbons (Fsp3) is 0.833. The van der Waals surface area contributed by atoms with Crippen LogP contribution in [0.1, 0.15) is 6.42 Å². The summed E-state index contributed by atoms with van der Waals surface area (Å²) in [6.07, 6.45) is 4.73. The van der Waals surface area contributed by atoms with Crippen LogP contribution in [0.15, 0.2) is 12.4 Å². The summed E-state index contributed by atoms with van der Waals surface area (Å²) in [6, 6.07) is 0. The Morgan fingerprint density at radius 2 is 1.94 bits per heavy atom. The Morgan fingerprint density at radius 3 is 2.67 bits per heavy atom. The molecule has 2 rings (SSSR count). The highest BCUT2D eigenvalue weighted by Crippen LogP contribution is 1.97. The van der Waals surface area contributed by atoms with Crippen LogP contribution in [0.3, 0.4) is 0 Å². The van der Waals surface area contributed by atoms with Crippen LogP contribution in [-0.2, 0) is 6.54 Å². The Balaban J connectivity index is 1.44. The van der Waals surface area contributed by atoms with E-state index in [0.29, 0.717) is 0 Å². The average molecular weight is 252 g/mol. The molecular weight excluding hydrogens is 228 g/mol. The van der Waals surface area contributed by atoms with Crippen molar-refractivity contribution in [1.82, 2.24) is 30.1 Å². The van der Waals surface area contributed by atoms with Crippen LogP contribution in [0, 0.1) is 0 Å². The predicted molar refractivity (Wildman–Crippen MR) is 71.4 cm³/mol. The van der Waals surface area contributed by atoms with Crippen molar-refractivity contribution in [3.8, 4) is 0 Å². The van der Waals surface area contributed by atoms with Crippen LogP contribution in [0.25, 0.3) is 0 Å². The molecule has 1 fully saturated rings. The molecule has 1 saturated heterocycles. The first-order valence-electron chi connectivity index (χ1n) is 6.80. The van der Waals surface area contributed by atoms with E-state index in [1.165, 1.54) is 26.2 Å². The van der Waals surface area contributed by atoms with E-state index in [4.69, 9.17) is 0 Å². The maximum atomic E-state index is 3.94. The minimum absolute atomic E-state index is 0.946. The summed E-state index contributed by atoms with van der Waals surface area (Å²) < 4.78 is 1.88. The summed E-state index contributed by atoms with van der Waals surface area (Å²) in [7, 11) is 2.19. The maximum Gasteiger partial charge on any atom is 0.0692 e. The molecule has 1 aliphatic heterocycles. The minimum atomic E-state index is 0.946. The quantitative estimate of drug-likeness (QED) is 0.663. The number of piperazine rings is 1. The lowest BCUT2D eigenvalue weighted by atomic mass is 10.3. The van der Waals surface area contributed by atoms with Gasteiger partial charge in [-0.25, -0.2) is 0 Å². The first kappa shape index (κ1) is 13.5. The molecule has 0 saturated carbocycles. The van der Waals surface area contributed by atoms with E-state index in [9.17, 15) is 0 Å². The van der Waals surface area contributed by atoms with Crippen molar-refractivity contribution in [2.75, 3.05) is 52.9 Å². The molecule has 6 nitrogen and oxygen atoms in total. The molecule has 0 amide bonds. The van der Waals surface area contributed by atoms with Crippen molar-refractivity contribution >= 4 is 0 Å². The van der Waals surface area contributed by atoms with Crippen molar-refractivity contribution in [3.05, 3.63) is 12.4 Å². The first-order chi connectivity index (χ1) is 8.84. The Morgan fingerprint density at radius 1 is 1.11 bits per heavy atom. The molecule has 0 spiro atoms. The van der Waals surface area contributed by atoms with Crippen molar-refractivity contribution in [2.24, 2.45) is 0 Å². The SMILES string of the molecule is CN1CCN(CCNCCCn2ccnn2)CC1. The lowest BCUT2D eigenvalue weighted by Gasteiger charge is -2.32. The van der Waals surface area contributed by atoms with Gasteiger partial charge in [-0.3, -0.25) is 9.58 Å². The smallest absolute Gasteiger partial charge is 0.0692 e. The van der Waals surface area contributed by atoms with Crippen LogP contribution >= 0.6 is 0 Å². The third kappa shape index (κ3) is 4.72. The van der Waals surface area contributed by atoms with E-state index in [0.717, 1.165) is 32.6 Å². The molecule has 0 unspecified atom stereocenters. The molecule has 2 heterocycles. The van der Waals surface area contributed by atoms with Gasteiger partial charge in [0.15, 0.2) is 0 Å². The number of nitrogens with zero attached hydrogens (tertiary/aromatic N) is 5. The number of hydrogen-bond donors (Lipinski definition) is 1.